The van der Waals surface area contributed by atoms with Crippen LogP contribution in [0.15, 0.2) is 60.9 Å². The lowest BCUT2D eigenvalue weighted by molar-refractivity contribution is 0.102. The molecule has 0 radical (unpaired) electrons. The smallest absolute Gasteiger partial charge is 0.274 e. The first-order chi connectivity index (χ1) is 12.1. The van der Waals surface area contributed by atoms with Gasteiger partial charge in [0.25, 0.3) is 5.91 Å². The van der Waals surface area contributed by atoms with Crippen molar-refractivity contribution >= 4 is 34.7 Å². The van der Waals surface area contributed by atoms with Crippen molar-refractivity contribution in [3.8, 4) is 0 Å². The molecule has 1 heterocycles. The van der Waals surface area contributed by atoms with Gasteiger partial charge in [0.2, 0.25) is 0 Å². The quantitative estimate of drug-likeness (QED) is 0.699. The molecule has 1 aromatic heterocycles. The first-order valence-electron chi connectivity index (χ1n) is 7.89. The summed E-state index contributed by atoms with van der Waals surface area (Å²) in [4.78, 5) is 20.5. The average Bonchev–Trinajstić information content (AvgIpc) is 2.62. The minimum absolute atomic E-state index is 0.277. The normalized spacial score (nSPS) is 10.3. The van der Waals surface area contributed by atoms with Crippen molar-refractivity contribution in [3.05, 3.63) is 77.2 Å². The molecular formula is C19H17ClN4O. The SMILES string of the molecule is CCc1ccc(NC(=O)c2cc(Nc3cccc(Cl)c3)ncn2)cc1. The summed E-state index contributed by atoms with van der Waals surface area (Å²) in [6.07, 6.45) is 2.31. The average molecular weight is 353 g/mol. The molecule has 0 aliphatic heterocycles. The van der Waals surface area contributed by atoms with Crippen LogP contribution in [-0.4, -0.2) is 15.9 Å². The molecule has 1 amide bonds. The zero-order valence-electron chi connectivity index (χ0n) is 13.7. The monoisotopic (exact) mass is 352 g/mol. The number of nitrogens with one attached hydrogen (secondary N) is 2. The fraction of sp³-hybridized carbons (Fsp3) is 0.105. The van der Waals surface area contributed by atoms with Gasteiger partial charge in [-0.15, -0.1) is 0 Å². The predicted octanol–water partition coefficient (Wildman–Crippen LogP) is 4.69. The fourth-order valence-electron chi connectivity index (χ4n) is 2.28. The molecule has 5 nitrogen and oxygen atoms in total. The third-order valence-corrected chi connectivity index (χ3v) is 3.85. The number of anilines is 3. The molecular weight excluding hydrogens is 336 g/mol. The van der Waals surface area contributed by atoms with Gasteiger partial charge < -0.3 is 10.6 Å². The van der Waals surface area contributed by atoms with E-state index >= 15 is 0 Å². The molecule has 6 heteroatoms. The Morgan fingerprint density at radius 1 is 1.04 bits per heavy atom. The number of amides is 1. The van der Waals surface area contributed by atoms with Crippen LogP contribution in [0.1, 0.15) is 23.0 Å². The van der Waals surface area contributed by atoms with Gasteiger partial charge in [-0.1, -0.05) is 36.7 Å². The zero-order chi connectivity index (χ0) is 17.6. The Hall–Kier alpha value is -2.92. The van der Waals surface area contributed by atoms with E-state index in [-0.39, 0.29) is 11.6 Å². The number of benzene rings is 2. The van der Waals surface area contributed by atoms with Crippen molar-refractivity contribution in [2.24, 2.45) is 0 Å². The number of rotatable bonds is 5. The Morgan fingerprint density at radius 3 is 2.56 bits per heavy atom. The van der Waals surface area contributed by atoms with Crippen molar-refractivity contribution in [1.29, 1.82) is 0 Å². The molecule has 0 aliphatic rings. The summed E-state index contributed by atoms with van der Waals surface area (Å²) in [7, 11) is 0. The summed E-state index contributed by atoms with van der Waals surface area (Å²) >= 11 is 5.97. The van der Waals surface area contributed by atoms with Gasteiger partial charge >= 0.3 is 0 Å². The summed E-state index contributed by atoms with van der Waals surface area (Å²) < 4.78 is 0. The highest BCUT2D eigenvalue weighted by atomic mass is 35.5. The lowest BCUT2D eigenvalue weighted by atomic mass is 10.1. The van der Waals surface area contributed by atoms with Gasteiger partial charge in [-0.05, 0) is 42.3 Å². The van der Waals surface area contributed by atoms with Gasteiger partial charge in [0.15, 0.2) is 0 Å². The van der Waals surface area contributed by atoms with Gasteiger partial charge in [0.05, 0.1) is 0 Å². The molecule has 3 aromatic rings. The van der Waals surface area contributed by atoms with Crippen LogP contribution in [0.5, 0.6) is 0 Å². The van der Waals surface area contributed by atoms with Gasteiger partial charge in [-0.3, -0.25) is 4.79 Å². The third-order valence-electron chi connectivity index (χ3n) is 3.62. The van der Waals surface area contributed by atoms with E-state index in [9.17, 15) is 4.79 Å². The number of nitrogens with zero attached hydrogens (tertiary/aromatic N) is 2. The topological polar surface area (TPSA) is 66.9 Å². The maximum absolute atomic E-state index is 12.4. The molecule has 0 spiro atoms. The van der Waals surface area contributed by atoms with Gasteiger partial charge in [0, 0.05) is 22.5 Å². The summed E-state index contributed by atoms with van der Waals surface area (Å²) in [5, 5.41) is 6.55. The maximum Gasteiger partial charge on any atom is 0.274 e. The molecule has 0 aliphatic carbocycles. The maximum atomic E-state index is 12.4. The second-order valence-corrected chi connectivity index (χ2v) is 5.86. The Balaban J connectivity index is 1.72. The van der Waals surface area contributed by atoms with Crippen molar-refractivity contribution in [1.82, 2.24) is 9.97 Å². The molecule has 126 valence electrons. The molecule has 0 unspecified atom stereocenters. The first kappa shape index (κ1) is 16.9. The fourth-order valence-corrected chi connectivity index (χ4v) is 2.47. The summed E-state index contributed by atoms with van der Waals surface area (Å²) in [6.45, 7) is 2.09. The molecule has 3 rings (SSSR count). The minimum Gasteiger partial charge on any atom is -0.340 e. The third kappa shape index (κ3) is 4.55. The Kier molecular flexibility index (Phi) is 5.26. The number of carbonyl (C=O) groups excluding carboxylic acids is 1. The van der Waals surface area contributed by atoms with Gasteiger partial charge in [-0.2, -0.15) is 0 Å². The van der Waals surface area contributed by atoms with E-state index in [0.29, 0.717) is 10.8 Å². The second kappa shape index (κ2) is 7.77. The largest absolute Gasteiger partial charge is 0.340 e. The van der Waals surface area contributed by atoms with Crippen molar-refractivity contribution in [3.63, 3.8) is 0 Å². The summed E-state index contributed by atoms with van der Waals surface area (Å²) in [5.74, 6) is 0.226. The van der Waals surface area contributed by atoms with Crippen LogP contribution in [0, 0.1) is 0 Å². The molecule has 0 saturated heterocycles. The lowest BCUT2D eigenvalue weighted by Crippen LogP contribution is -2.14. The number of halogens is 1. The van der Waals surface area contributed by atoms with E-state index in [0.717, 1.165) is 17.8 Å². The van der Waals surface area contributed by atoms with Gasteiger partial charge in [0.1, 0.15) is 17.8 Å². The minimum atomic E-state index is -0.291. The van der Waals surface area contributed by atoms with Crippen LogP contribution >= 0.6 is 11.6 Å². The Bertz CT molecular complexity index is 881. The number of aryl methyl sites for hydroxylation is 1. The molecule has 0 saturated carbocycles. The molecule has 0 atom stereocenters. The number of carbonyl (C=O) groups is 1. The zero-order valence-corrected chi connectivity index (χ0v) is 14.4. The van der Waals surface area contributed by atoms with Crippen molar-refractivity contribution < 1.29 is 4.79 Å². The number of hydrogen-bond donors (Lipinski definition) is 2. The van der Waals surface area contributed by atoms with Crippen LogP contribution in [0.3, 0.4) is 0 Å². The van der Waals surface area contributed by atoms with Crippen LogP contribution < -0.4 is 10.6 Å². The van der Waals surface area contributed by atoms with E-state index in [2.05, 4.69) is 27.5 Å². The van der Waals surface area contributed by atoms with E-state index in [1.807, 2.05) is 36.4 Å². The second-order valence-electron chi connectivity index (χ2n) is 5.43. The predicted molar refractivity (Wildman–Crippen MR) is 101 cm³/mol. The summed E-state index contributed by atoms with van der Waals surface area (Å²) in [6, 6.07) is 16.6. The Morgan fingerprint density at radius 2 is 1.84 bits per heavy atom. The van der Waals surface area contributed by atoms with Crippen LogP contribution in [0.4, 0.5) is 17.2 Å². The van der Waals surface area contributed by atoms with Crippen LogP contribution in [-0.2, 0) is 6.42 Å². The first-order valence-corrected chi connectivity index (χ1v) is 8.27. The van der Waals surface area contributed by atoms with E-state index < -0.39 is 0 Å². The summed E-state index contributed by atoms with van der Waals surface area (Å²) in [5.41, 5.74) is 3.00. The van der Waals surface area contributed by atoms with Crippen molar-refractivity contribution in [2.45, 2.75) is 13.3 Å². The molecule has 25 heavy (non-hydrogen) atoms. The van der Waals surface area contributed by atoms with Crippen LogP contribution in [0.25, 0.3) is 0 Å². The standard InChI is InChI=1S/C19H17ClN4O/c1-2-13-6-8-15(9-7-13)24-19(25)17-11-18(22-12-21-17)23-16-5-3-4-14(20)10-16/h3-12H,2H2,1H3,(H,24,25)(H,21,22,23). The van der Waals surface area contributed by atoms with Crippen molar-refractivity contribution in [2.75, 3.05) is 10.6 Å². The highest BCUT2D eigenvalue weighted by Crippen LogP contribution is 2.19. The van der Waals surface area contributed by atoms with E-state index in [1.54, 1.807) is 18.2 Å². The lowest BCUT2D eigenvalue weighted by Gasteiger charge is -2.08. The molecule has 2 N–H and O–H groups in total. The molecule has 0 bridgehead atoms. The number of aromatic nitrogens is 2. The van der Waals surface area contributed by atoms with Gasteiger partial charge in [-0.25, -0.2) is 9.97 Å². The Labute approximate surface area is 151 Å². The molecule has 2 aromatic carbocycles. The number of hydrogen-bond acceptors (Lipinski definition) is 4. The highest BCUT2D eigenvalue weighted by Gasteiger charge is 2.09. The molecule has 0 fully saturated rings. The highest BCUT2D eigenvalue weighted by molar-refractivity contribution is 6.30. The van der Waals surface area contributed by atoms with E-state index in [1.165, 1.54) is 11.9 Å². The van der Waals surface area contributed by atoms with E-state index in [4.69, 9.17) is 11.6 Å². The van der Waals surface area contributed by atoms with Crippen LogP contribution in [0.2, 0.25) is 5.02 Å².